The lowest BCUT2D eigenvalue weighted by molar-refractivity contribution is -0.145. The minimum Gasteiger partial charge on any atom is -0.475 e. The van der Waals surface area contributed by atoms with Gasteiger partial charge in [-0.15, -0.1) is 0 Å². The number of ether oxygens (including phenoxy) is 2. The summed E-state index contributed by atoms with van der Waals surface area (Å²) in [6.07, 6.45) is -4.66. The fourth-order valence-electron chi connectivity index (χ4n) is 1.05. The summed E-state index contributed by atoms with van der Waals surface area (Å²) >= 11 is 0. The standard InChI is InChI=1S/C9H13F3N4O2/c1-2-17-3-4-18-7-5-6(16-13)14-8(15-7)9(10,11)12/h5H,2-4,13H2,1H3,(H,14,15,16). The highest BCUT2D eigenvalue weighted by molar-refractivity contribution is 5.37. The van der Waals surface area contributed by atoms with Gasteiger partial charge in [0.15, 0.2) is 0 Å². The fraction of sp³-hybridized carbons (Fsp3) is 0.556. The van der Waals surface area contributed by atoms with Crippen molar-refractivity contribution >= 4 is 5.82 Å². The van der Waals surface area contributed by atoms with E-state index in [2.05, 4.69) is 9.97 Å². The number of hydrogen-bond donors (Lipinski definition) is 2. The number of aromatic nitrogens is 2. The maximum Gasteiger partial charge on any atom is 0.451 e. The molecule has 0 atom stereocenters. The second kappa shape index (κ2) is 6.36. The van der Waals surface area contributed by atoms with Crippen molar-refractivity contribution < 1.29 is 22.6 Å². The molecule has 102 valence electrons. The van der Waals surface area contributed by atoms with E-state index in [1.165, 1.54) is 6.07 Å². The molecule has 6 nitrogen and oxygen atoms in total. The smallest absolute Gasteiger partial charge is 0.451 e. The van der Waals surface area contributed by atoms with Gasteiger partial charge in [-0.25, -0.2) is 10.8 Å². The number of nitrogens with two attached hydrogens (primary N) is 1. The van der Waals surface area contributed by atoms with E-state index in [1.54, 1.807) is 6.92 Å². The normalized spacial score (nSPS) is 11.4. The van der Waals surface area contributed by atoms with Crippen LogP contribution in [0, 0.1) is 0 Å². The Balaban J connectivity index is 2.78. The monoisotopic (exact) mass is 266 g/mol. The van der Waals surface area contributed by atoms with E-state index in [9.17, 15) is 13.2 Å². The Bertz CT molecular complexity index is 387. The quantitative estimate of drug-likeness (QED) is 0.457. The number of rotatable bonds is 6. The van der Waals surface area contributed by atoms with Crippen molar-refractivity contribution in [2.45, 2.75) is 13.1 Å². The molecule has 0 aromatic carbocycles. The second-order valence-corrected chi connectivity index (χ2v) is 3.10. The van der Waals surface area contributed by atoms with Crippen LogP contribution in [0.25, 0.3) is 0 Å². The molecule has 0 fully saturated rings. The molecular weight excluding hydrogens is 253 g/mol. The molecule has 1 heterocycles. The third kappa shape index (κ3) is 4.34. The van der Waals surface area contributed by atoms with E-state index in [0.29, 0.717) is 6.61 Å². The first-order valence-electron chi connectivity index (χ1n) is 5.10. The summed E-state index contributed by atoms with van der Waals surface area (Å²) in [4.78, 5) is 6.42. The van der Waals surface area contributed by atoms with Gasteiger partial charge in [-0.05, 0) is 6.92 Å². The molecule has 0 aliphatic carbocycles. The van der Waals surface area contributed by atoms with Crippen molar-refractivity contribution in [2.75, 3.05) is 25.2 Å². The van der Waals surface area contributed by atoms with Crippen LogP contribution >= 0.6 is 0 Å². The van der Waals surface area contributed by atoms with Crippen molar-refractivity contribution in [3.05, 3.63) is 11.9 Å². The van der Waals surface area contributed by atoms with Crippen LogP contribution in [0.1, 0.15) is 12.7 Å². The number of nitrogens with one attached hydrogen (secondary N) is 1. The van der Waals surface area contributed by atoms with Crippen molar-refractivity contribution in [3.63, 3.8) is 0 Å². The third-order valence-electron chi connectivity index (χ3n) is 1.79. The Morgan fingerprint density at radius 1 is 1.33 bits per heavy atom. The van der Waals surface area contributed by atoms with Gasteiger partial charge in [0.25, 0.3) is 0 Å². The predicted molar refractivity (Wildman–Crippen MR) is 56.8 cm³/mol. The van der Waals surface area contributed by atoms with Crippen LogP contribution in [-0.2, 0) is 10.9 Å². The van der Waals surface area contributed by atoms with Crippen molar-refractivity contribution in [2.24, 2.45) is 5.84 Å². The zero-order valence-corrected chi connectivity index (χ0v) is 9.62. The van der Waals surface area contributed by atoms with Crippen LogP contribution in [0.3, 0.4) is 0 Å². The second-order valence-electron chi connectivity index (χ2n) is 3.10. The summed E-state index contributed by atoms with van der Waals surface area (Å²) in [6, 6.07) is 1.17. The lowest BCUT2D eigenvalue weighted by atomic mass is 10.5. The van der Waals surface area contributed by atoms with Crippen LogP contribution in [0.5, 0.6) is 5.88 Å². The Labute approximate surface area is 101 Å². The Morgan fingerprint density at radius 3 is 2.61 bits per heavy atom. The number of nitrogen functional groups attached to an aromatic ring is 1. The first-order chi connectivity index (χ1) is 8.47. The number of alkyl halides is 3. The van der Waals surface area contributed by atoms with E-state index >= 15 is 0 Å². The molecule has 0 saturated carbocycles. The predicted octanol–water partition coefficient (Wildman–Crippen LogP) is 1.20. The highest BCUT2D eigenvalue weighted by Crippen LogP contribution is 2.28. The van der Waals surface area contributed by atoms with E-state index in [-0.39, 0.29) is 24.9 Å². The van der Waals surface area contributed by atoms with Crippen LogP contribution < -0.4 is 16.0 Å². The first kappa shape index (κ1) is 14.5. The molecule has 0 bridgehead atoms. The molecule has 0 saturated heterocycles. The van der Waals surface area contributed by atoms with Gasteiger partial charge in [0, 0.05) is 12.7 Å². The average Bonchev–Trinajstić information content (AvgIpc) is 2.33. The highest BCUT2D eigenvalue weighted by atomic mass is 19.4. The Morgan fingerprint density at radius 2 is 2.06 bits per heavy atom. The molecule has 0 spiro atoms. The van der Waals surface area contributed by atoms with Crippen molar-refractivity contribution in [1.82, 2.24) is 9.97 Å². The SMILES string of the molecule is CCOCCOc1cc(NN)nc(C(F)(F)F)n1. The largest absolute Gasteiger partial charge is 0.475 e. The zero-order chi connectivity index (χ0) is 13.6. The summed E-state index contributed by atoms with van der Waals surface area (Å²) in [6.45, 7) is 2.64. The van der Waals surface area contributed by atoms with Gasteiger partial charge in [-0.2, -0.15) is 18.2 Å². The number of nitrogens with zero attached hydrogens (tertiary/aromatic N) is 2. The summed E-state index contributed by atoms with van der Waals surface area (Å²) in [5, 5.41) is 0. The molecule has 0 unspecified atom stereocenters. The van der Waals surface area contributed by atoms with Crippen LogP contribution in [0.15, 0.2) is 6.07 Å². The Kier molecular flexibility index (Phi) is 5.10. The maximum absolute atomic E-state index is 12.5. The minimum atomic E-state index is -4.66. The highest BCUT2D eigenvalue weighted by Gasteiger charge is 2.35. The number of halogens is 3. The summed E-state index contributed by atoms with van der Waals surface area (Å²) in [5.41, 5.74) is 2.02. The van der Waals surface area contributed by atoms with E-state index in [4.69, 9.17) is 15.3 Å². The van der Waals surface area contributed by atoms with Gasteiger partial charge >= 0.3 is 6.18 Å². The van der Waals surface area contributed by atoms with Gasteiger partial charge in [-0.3, -0.25) is 0 Å². The van der Waals surface area contributed by atoms with Gasteiger partial charge in [0.05, 0.1) is 6.61 Å². The molecule has 18 heavy (non-hydrogen) atoms. The molecule has 0 aliphatic rings. The summed E-state index contributed by atoms with van der Waals surface area (Å²) < 4.78 is 47.4. The lowest BCUT2D eigenvalue weighted by Crippen LogP contribution is -2.17. The molecule has 0 amide bonds. The van der Waals surface area contributed by atoms with E-state index in [1.807, 2.05) is 5.43 Å². The topological polar surface area (TPSA) is 82.3 Å². The molecular formula is C9H13F3N4O2. The zero-order valence-electron chi connectivity index (χ0n) is 9.62. The summed E-state index contributed by atoms with van der Waals surface area (Å²) in [5.74, 6) is 3.31. The van der Waals surface area contributed by atoms with Gasteiger partial charge in [-0.1, -0.05) is 0 Å². The van der Waals surface area contributed by atoms with Crippen molar-refractivity contribution in [3.8, 4) is 5.88 Å². The Hall–Kier alpha value is -1.61. The molecule has 9 heteroatoms. The molecule has 0 aliphatic heterocycles. The first-order valence-corrected chi connectivity index (χ1v) is 5.10. The lowest BCUT2D eigenvalue weighted by Gasteiger charge is -2.10. The molecule has 1 rings (SSSR count). The average molecular weight is 266 g/mol. The fourth-order valence-corrected chi connectivity index (χ4v) is 1.05. The molecule has 3 N–H and O–H groups in total. The molecule has 1 aromatic heterocycles. The summed E-state index contributed by atoms with van der Waals surface area (Å²) in [7, 11) is 0. The molecule has 1 aromatic rings. The van der Waals surface area contributed by atoms with E-state index in [0.717, 1.165) is 0 Å². The number of hydrazine groups is 1. The number of hydrogen-bond acceptors (Lipinski definition) is 6. The third-order valence-corrected chi connectivity index (χ3v) is 1.79. The maximum atomic E-state index is 12.5. The van der Waals surface area contributed by atoms with Crippen LogP contribution in [0.4, 0.5) is 19.0 Å². The van der Waals surface area contributed by atoms with Gasteiger partial charge < -0.3 is 14.9 Å². The van der Waals surface area contributed by atoms with Crippen molar-refractivity contribution in [1.29, 1.82) is 0 Å². The van der Waals surface area contributed by atoms with Gasteiger partial charge in [0.2, 0.25) is 11.7 Å². The molecule has 0 radical (unpaired) electrons. The number of anilines is 1. The van der Waals surface area contributed by atoms with Gasteiger partial charge in [0.1, 0.15) is 12.4 Å². The van der Waals surface area contributed by atoms with Crippen LogP contribution in [0.2, 0.25) is 0 Å². The minimum absolute atomic E-state index is 0.0894. The van der Waals surface area contributed by atoms with E-state index < -0.39 is 12.0 Å². The van der Waals surface area contributed by atoms with Crippen LogP contribution in [-0.4, -0.2) is 29.8 Å².